The predicted molar refractivity (Wildman–Crippen MR) is 95.3 cm³/mol. The number of methoxy groups -OCH3 is 1. The molecule has 1 aromatic rings. The van der Waals surface area contributed by atoms with Gasteiger partial charge in [-0.2, -0.15) is 0 Å². The highest BCUT2D eigenvalue weighted by molar-refractivity contribution is 5.69. The topological polar surface area (TPSA) is 54.0 Å². The number of carbonyl (C=O) groups is 1. The lowest BCUT2D eigenvalue weighted by Gasteiger charge is -2.36. The summed E-state index contributed by atoms with van der Waals surface area (Å²) in [7, 11) is 1.62. The monoisotopic (exact) mass is 346 g/mol. The standard InChI is InChI=1S/C20H26O5/c1-4-6-7-9-19(21)24-18-14-23-20(25-17(18)8-5-2)15-10-12-16(22-3)13-11-15/h4-5,10-13,17-18,20H,1-2,6-9,14H2,3H3/t17-,18-,20+/m1/s1. The van der Waals surface area contributed by atoms with Crippen molar-refractivity contribution in [3.63, 3.8) is 0 Å². The number of unbranched alkanes of at least 4 members (excludes halogenated alkanes) is 1. The van der Waals surface area contributed by atoms with E-state index in [2.05, 4.69) is 13.2 Å². The lowest BCUT2D eigenvalue weighted by Crippen LogP contribution is -2.43. The van der Waals surface area contributed by atoms with Crippen molar-refractivity contribution in [2.45, 2.75) is 44.2 Å². The average Bonchev–Trinajstić information content (AvgIpc) is 2.64. The van der Waals surface area contributed by atoms with Crippen LogP contribution < -0.4 is 4.74 Å². The van der Waals surface area contributed by atoms with E-state index >= 15 is 0 Å². The van der Waals surface area contributed by atoms with Crippen LogP contribution in [0.2, 0.25) is 0 Å². The van der Waals surface area contributed by atoms with Gasteiger partial charge in [-0.1, -0.05) is 24.3 Å². The van der Waals surface area contributed by atoms with Crippen LogP contribution in [-0.2, 0) is 19.0 Å². The molecule has 2 rings (SSSR count). The molecule has 1 saturated heterocycles. The number of ether oxygens (including phenoxy) is 4. The SMILES string of the molecule is C=CCCCC(=O)O[C@@H]1CO[C@H](c2ccc(OC)cc2)O[C@@H]1CC=C. The van der Waals surface area contributed by atoms with Crippen molar-refractivity contribution < 1.29 is 23.7 Å². The molecule has 1 aliphatic rings. The van der Waals surface area contributed by atoms with Gasteiger partial charge in [0.1, 0.15) is 11.9 Å². The molecule has 0 radical (unpaired) electrons. The summed E-state index contributed by atoms with van der Waals surface area (Å²) in [6.45, 7) is 7.70. The fourth-order valence-electron chi connectivity index (χ4n) is 2.61. The zero-order valence-corrected chi connectivity index (χ0v) is 14.7. The third-order valence-corrected chi connectivity index (χ3v) is 3.98. The first-order valence-electron chi connectivity index (χ1n) is 8.50. The first kappa shape index (κ1) is 19.2. The van der Waals surface area contributed by atoms with Crippen LogP contribution >= 0.6 is 0 Å². The molecule has 0 amide bonds. The normalized spacial score (nSPS) is 22.8. The molecule has 25 heavy (non-hydrogen) atoms. The van der Waals surface area contributed by atoms with E-state index in [-0.39, 0.29) is 12.1 Å². The van der Waals surface area contributed by atoms with Crippen LogP contribution in [-0.4, -0.2) is 31.9 Å². The van der Waals surface area contributed by atoms with E-state index in [1.807, 2.05) is 24.3 Å². The van der Waals surface area contributed by atoms with Gasteiger partial charge in [-0.3, -0.25) is 4.79 Å². The third kappa shape index (κ3) is 5.73. The van der Waals surface area contributed by atoms with E-state index in [0.29, 0.717) is 19.4 Å². The molecule has 0 spiro atoms. The van der Waals surface area contributed by atoms with Gasteiger partial charge in [0, 0.05) is 12.0 Å². The zero-order valence-electron chi connectivity index (χ0n) is 14.7. The lowest BCUT2D eigenvalue weighted by molar-refractivity contribution is -0.261. The van der Waals surface area contributed by atoms with E-state index in [1.165, 1.54) is 0 Å². The first-order valence-corrected chi connectivity index (χ1v) is 8.50. The first-order chi connectivity index (χ1) is 12.2. The van der Waals surface area contributed by atoms with Gasteiger partial charge in [0.25, 0.3) is 0 Å². The van der Waals surface area contributed by atoms with Gasteiger partial charge < -0.3 is 18.9 Å². The number of carbonyl (C=O) groups excluding carboxylic acids is 1. The highest BCUT2D eigenvalue weighted by Gasteiger charge is 2.34. The van der Waals surface area contributed by atoms with Crippen LogP contribution in [0.3, 0.4) is 0 Å². The van der Waals surface area contributed by atoms with Crippen LogP contribution in [0.1, 0.15) is 37.5 Å². The molecule has 0 aromatic heterocycles. The fourth-order valence-corrected chi connectivity index (χ4v) is 2.61. The van der Waals surface area contributed by atoms with Crippen LogP contribution in [0.5, 0.6) is 5.75 Å². The molecule has 3 atom stereocenters. The Hall–Kier alpha value is -2.11. The summed E-state index contributed by atoms with van der Waals surface area (Å²) in [6, 6.07) is 7.51. The summed E-state index contributed by atoms with van der Waals surface area (Å²) in [5, 5.41) is 0. The highest BCUT2D eigenvalue weighted by Crippen LogP contribution is 2.30. The van der Waals surface area contributed by atoms with Crippen LogP contribution in [0.4, 0.5) is 0 Å². The van der Waals surface area contributed by atoms with Crippen molar-refractivity contribution in [1.29, 1.82) is 0 Å². The molecule has 1 fully saturated rings. The molecule has 0 bridgehead atoms. The van der Waals surface area contributed by atoms with E-state index in [9.17, 15) is 4.79 Å². The lowest BCUT2D eigenvalue weighted by atomic mass is 10.1. The highest BCUT2D eigenvalue weighted by atomic mass is 16.7. The second-order valence-electron chi connectivity index (χ2n) is 5.85. The molecule has 5 heteroatoms. The molecule has 0 saturated carbocycles. The maximum absolute atomic E-state index is 12.0. The van der Waals surface area contributed by atoms with E-state index < -0.39 is 12.4 Å². The minimum atomic E-state index is -0.494. The number of hydrogen-bond acceptors (Lipinski definition) is 5. The van der Waals surface area contributed by atoms with Gasteiger partial charge >= 0.3 is 5.97 Å². The van der Waals surface area contributed by atoms with Crippen molar-refractivity contribution in [3.05, 3.63) is 55.1 Å². The maximum Gasteiger partial charge on any atom is 0.306 e. The summed E-state index contributed by atoms with van der Waals surface area (Å²) in [4.78, 5) is 12.0. The number of hydrogen-bond donors (Lipinski definition) is 0. The molecule has 0 aliphatic carbocycles. The summed E-state index contributed by atoms with van der Waals surface area (Å²) >= 11 is 0. The minimum Gasteiger partial charge on any atom is -0.497 e. The van der Waals surface area contributed by atoms with Gasteiger partial charge in [0.2, 0.25) is 0 Å². The van der Waals surface area contributed by atoms with Gasteiger partial charge in [-0.25, -0.2) is 0 Å². The van der Waals surface area contributed by atoms with Gasteiger partial charge in [-0.15, -0.1) is 13.2 Å². The Labute approximate surface area is 149 Å². The van der Waals surface area contributed by atoms with E-state index in [4.69, 9.17) is 18.9 Å². The zero-order chi connectivity index (χ0) is 18.1. The fraction of sp³-hybridized carbons (Fsp3) is 0.450. The summed E-state index contributed by atoms with van der Waals surface area (Å²) in [6.07, 6.45) is 4.84. The second-order valence-corrected chi connectivity index (χ2v) is 5.85. The molecule has 1 aromatic carbocycles. The molecular formula is C20H26O5. The van der Waals surface area contributed by atoms with Crippen LogP contribution in [0.15, 0.2) is 49.6 Å². The molecule has 5 nitrogen and oxygen atoms in total. The van der Waals surface area contributed by atoms with Crippen molar-refractivity contribution in [1.82, 2.24) is 0 Å². The second kappa shape index (κ2) is 10.0. The van der Waals surface area contributed by atoms with Crippen LogP contribution in [0, 0.1) is 0 Å². The van der Waals surface area contributed by atoms with Crippen LogP contribution in [0.25, 0.3) is 0 Å². The number of rotatable bonds is 9. The molecule has 1 heterocycles. The van der Waals surface area contributed by atoms with E-state index in [0.717, 1.165) is 24.2 Å². The average molecular weight is 346 g/mol. The van der Waals surface area contributed by atoms with Crippen molar-refractivity contribution >= 4 is 5.97 Å². The number of benzene rings is 1. The largest absolute Gasteiger partial charge is 0.497 e. The Morgan fingerprint density at radius 3 is 2.68 bits per heavy atom. The Kier molecular flexibility index (Phi) is 7.70. The van der Waals surface area contributed by atoms with Crippen molar-refractivity contribution in [3.8, 4) is 5.75 Å². The molecule has 136 valence electrons. The summed E-state index contributed by atoms with van der Waals surface area (Å²) in [5.74, 6) is 0.532. The third-order valence-electron chi connectivity index (χ3n) is 3.98. The van der Waals surface area contributed by atoms with E-state index in [1.54, 1.807) is 19.3 Å². The van der Waals surface area contributed by atoms with Gasteiger partial charge in [-0.05, 0) is 31.4 Å². The summed E-state index contributed by atoms with van der Waals surface area (Å²) in [5.41, 5.74) is 0.894. The Morgan fingerprint density at radius 1 is 1.28 bits per heavy atom. The molecule has 0 unspecified atom stereocenters. The quantitative estimate of drug-likeness (QED) is 0.385. The molecule has 0 N–H and O–H groups in total. The number of esters is 1. The van der Waals surface area contributed by atoms with Crippen molar-refractivity contribution in [2.24, 2.45) is 0 Å². The maximum atomic E-state index is 12.0. The smallest absolute Gasteiger partial charge is 0.306 e. The van der Waals surface area contributed by atoms with Gasteiger partial charge in [0.15, 0.2) is 12.4 Å². The Morgan fingerprint density at radius 2 is 2.04 bits per heavy atom. The van der Waals surface area contributed by atoms with Crippen molar-refractivity contribution in [2.75, 3.05) is 13.7 Å². The minimum absolute atomic E-state index is 0.240. The van der Waals surface area contributed by atoms with Gasteiger partial charge in [0.05, 0.1) is 13.7 Å². The summed E-state index contributed by atoms with van der Waals surface area (Å²) < 4.78 is 22.5. The molecular weight excluding hydrogens is 320 g/mol. The number of allylic oxidation sites excluding steroid dienone is 1. The Bertz CT molecular complexity index is 566. The Balaban J connectivity index is 1.95. The molecule has 1 aliphatic heterocycles. The predicted octanol–water partition coefficient (Wildman–Crippen LogP) is 3.95.